The van der Waals surface area contributed by atoms with Gasteiger partial charge in [-0.2, -0.15) is 0 Å². The number of benzene rings is 1. The zero-order valence-corrected chi connectivity index (χ0v) is 9.45. The van der Waals surface area contributed by atoms with Crippen molar-refractivity contribution in [1.82, 2.24) is 0 Å². The summed E-state index contributed by atoms with van der Waals surface area (Å²) in [6.07, 6.45) is 7.01. The molecular weight excluding hydrogens is 182 g/mol. The maximum atomic E-state index is 2.53. The Hall–Kier alpha value is -0.980. The topological polar surface area (TPSA) is 3.24 Å². The molecule has 0 saturated heterocycles. The summed E-state index contributed by atoms with van der Waals surface area (Å²) in [4.78, 5) is 2.53. The lowest BCUT2D eigenvalue weighted by molar-refractivity contribution is 0.287. The number of nitrogens with zero attached hydrogens (tertiary/aromatic N) is 1. The molecule has 1 aliphatic carbocycles. The molecule has 1 saturated carbocycles. The van der Waals surface area contributed by atoms with Crippen LogP contribution in [0, 0.1) is 5.92 Å². The van der Waals surface area contributed by atoms with E-state index in [2.05, 4.69) is 36.2 Å². The van der Waals surface area contributed by atoms with Crippen molar-refractivity contribution in [1.29, 1.82) is 0 Å². The van der Waals surface area contributed by atoms with Crippen LogP contribution in [0.25, 0.3) is 0 Å². The summed E-state index contributed by atoms with van der Waals surface area (Å²) in [5.74, 6) is 0.915. The lowest BCUT2D eigenvalue weighted by atomic mass is 9.77. The SMILES string of the molecule is CN1c2ccccc2C[C@@H]2CCCC[C@@H]21. The van der Waals surface area contributed by atoms with Crippen molar-refractivity contribution < 1.29 is 0 Å². The molecule has 1 heteroatoms. The minimum atomic E-state index is 0.814. The number of hydrogen-bond acceptors (Lipinski definition) is 1. The summed E-state index contributed by atoms with van der Waals surface area (Å²) in [6, 6.07) is 9.74. The Morgan fingerprint density at radius 3 is 2.87 bits per heavy atom. The standard InChI is InChI=1S/C14H19N/c1-15-13-8-4-2-6-11(13)10-12-7-3-5-9-14(12)15/h2,4,6,8,12,14H,3,5,7,9-10H2,1H3/t12-,14-/m0/s1. The van der Waals surface area contributed by atoms with Gasteiger partial charge in [-0.15, -0.1) is 0 Å². The minimum absolute atomic E-state index is 0.814. The molecule has 0 amide bonds. The van der Waals surface area contributed by atoms with E-state index in [9.17, 15) is 0 Å². The molecule has 15 heavy (non-hydrogen) atoms. The third kappa shape index (κ3) is 1.45. The van der Waals surface area contributed by atoms with Crippen molar-refractivity contribution in [2.24, 2.45) is 5.92 Å². The highest BCUT2D eigenvalue weighted by Gasteiger charge is 2.33. The van der Waals surface area contributed by atoms with E-state index < -0.39 is 0 Å². The number of hydrogen-bond donors (Lipinski definition) is 0. The van der Waals surface area contributed by atoms with Gasteiger partial charge in [0.1, 0.15) is 0 Å². The molecule has 80 valence electrons. The number of fused-ring (bicyclic) bond motifs is 2. The van der Waals surface area contributed by atoms with Crippen LogP contribution in [-0.4, -0.2) is 13.1 Å². The molecule has 3 rings (SSSR count). The van der Waals surface area contributed by atoms with Gasteiger partial charge in [0.25, 0.3) is 0 Å². The Morgan fingerprint density at radius 2 is 1.93 bits per heavy atom. The number of para-hydroxylation sites is 1. The molecule has 0 N–H and O–H groups in total. The van der Waals surface area contributed by atoms with E-state index in [1.807, 2.05) is 0 Å². The van der Waals surface area contributed by atoms with Gasteiger partial charge in [0.2, 0.25) is 0 Å². The van der Waals surface area contributed by atoms with Gasteiger partial charge in [0.05, 0.1) is 0 Å². The quantitative estimate of drug-likeness (QED) is 0.623. The van der Waals surface area contributed by atoms with Crippen molar-refractivity contribution in [2.75, 3.05) is 11.9 Å². The highest BCUT2D eigenvalue weighted by atomic mass is 15.1. The minimum Gasteiger partial charge on any atom is -0.371 e. The van der Waals surface area contributed by atoms with Crippen molar-refractivity contribution in [3.8, 4) is 0 Å². The molecule has 0 aromatic heterocycles. The third-order valence-electron chi connectivity index (χ3n) is 4.22. The van der Waals surface area contributed by atoms with Crippen LogP contribution in [0.2, 0.25) is 0 Å². The van der Waals surface area contributed by atoms with Gasteiger partial charge in [-0.25, -0.2) is 0 Å². The van der Waals surface area contributed by atoms with E-state index in [4.69, 9.17) is 0 Å². The Kier molecular flexibility index (Phi) is 2.19. The van der Waals surface area contributed by atoms with E-state index in [0.717, 1.165) is 12.0 Å². The zero-order valence-electron chi connectivity index (χ0n) is 9.45. The maximum Gasteiger partial charge on any atom is 0.0398 e. The fraction of sp³-hybridized carbons (Fsp3) is 0.571. The summed E-state index contributed by atoms with van der Waals surface area (Å²) in [6.45, 7) is 0. The van der Waals surface area contributed by atoms with Crippen LogP contribution in [-0.2, 0) is 6.42 Å². The summed E-state index contributed by atoms with van der Waals surface area (Å²) < 4.78 is 0. The van der Waals surface area contributed by atoms with Crippen molar-refractivity contribution >= 4 is 5.69 Å². The van der Waals surface area contributed by atoms with Crippen molar-refractivity contribution in [3.05, 3.63) is 29.8 Å². The summed E-state index contributed by atoms with van der Waals surface area (Å²) in [5, 5.41) is 0. The van der Waals surface area contributed by atoms with Gasteiger partial charge >= 0.3 is 0 Å². The lowest BCUT2D eigenvalue weighted by Crippen LogP contribution is -2.44. The first-order chi connectivity index (χ1) is 7.36. The van der Waals surface area contributed by atoms with Crippen LogP contribution in [0.15, 0.2) is 24.3 Å². The van der Waals surface area contributed by atoms with Crippen LogP contribution in [0.3, 0.4) is 0 Å². The summed E-state index contributed by atoms with van der Waals surface area (Å²) in [5.41, 5.74) is 3.03. The van der Waals surface area contributed by atoms with E-state index in [1.54, 1.807) is 5.56 Å². The second kappa shape index (κ2) is 3.55. The first kappa shape index (κ1) is 9.26. The normalized spacial score (nSPS) is 29.5. The van der Waals surface area contributed by atoms with Crippen molar-refractivity contribution in [2.45, 2.75) is 38.1 Å². The fourth-order valence-electron chi connectivity index (χ4n) is 3.42. The molecule has 2 atom stereocenters. The van der Waals surface area contributed by atoms with Crippen LogP contribution in [0.1, 0.15) is 31.2 Å². The van der Waals surface area contributed by atoms with Gasteiger partial charge < -0.3 is 4.90 Å². The summed E-state index contributed by atoms with van der Waals surface area (Å²) in [7, 11) is 2.28. The number of rotatable bonds is 0. The largest absolute Gasteiger partial charge is 0.371 e. The van der Waals surface area contributed by atoms with Gasteiger partial charge in [0.15, 0.2) is 0 Å². The molecule has 1 heterocycles. The molecule has 2 aliphatic rings. The van der Waals surface area contributed by atoms with E-state index in [0.29, 0.717) is 0 Å². The first-order valence-electron chi connectivity index (χ1n) is 6.17. The van der Waals surface area contributed by atoms with E-state index >= 15 is 0 Å². The zero-order chi connectivity index (χ0) is 10.3. The lowest BCUT2D eigenvalue weighted by Gasteiger charge is -2.44. The molecular formula is C14H19N. The molecule has 1 aromatic rings. The summed E-state index contributed by atoms with van der Waals surface area (Å²) >= 11 is 0. The second-order valence-corrected chi connectivity index (χ2v) is 5.06. The molecule has 1 nitrogen and oxygen atoms in total. The predicted octanol–water partition coefficient (Wildman–Crippen LogP) is 3.24. The Labute approximate surface area is 92.1 Å². The molecule has 1 aliphatic heterocycles. The van der Waals surface area contributed by atoms with Gasteiger partial charge in [0, 0.05) is 18.8 Å². The van der Waals surface area contributed by atoms with Gasteiger partial charge in [-0.05, 0) is 36.8 Å². The van der Waals surface area contributed by atoms with Gasteiger partial charge in [-0.1, -0.05) is 31.0 Å². The van der Waals surface area contributed by atoms with Crippen LogP contribution < -0.4 is 4.90 Å². The average Bonchev–Trinajstić information content (AvgIpc) is 2.30. The average molecular weight is 201 g/mol. The fourth-order valence-corrected chi connectivity index (χ4v) is 3.42. The first-order valence-corrected chi connectivity index (χ1v) is 6.17. The van der Waals surface area contributed by atoms with Crippen LogP contribution in [0.4, 0.5) is 5.69 Å². The van der Waals surface area contributed by atoms with E-state index in [-0.39, 0.29) is 0 Å². The molecule has 0 unspecified atom stereocenters. The highest BCUT2D eigenvalue weighted by molar-refractivity contribution is 5.56. The molecule has 0 radical (unpaired) electrons. The Morgan fingerprint density at radius 1 is 1.13 bits per heavy atom. The Balaban J connectivity index is 1.98. The second-order valence-electron chi connectivity index (χ2n) is 5.06. The van der Waals surface area contributed by atoms with Crippen LogP contribution >= 0.6 is 0 Å². The highest BCUT2D eigenvalue weighted by Crippen LogP contribution is 2.39. The van der Waals surface area contributed by atoms with Gasteiger partial charge in [-0.3, -0.25) is 0 Å². The monoisotopic (exact) mass is 201 g/mol. The molecule has 0 bridgehead atoms. The maximum absolute atomic E-state index is 2.53. The molecule has 1 aromatic carbocycles. The molecule has 1 fully saturated rings. The van der Waals surface area contributed by atoms with E-state index in [1.165, 1.54) is 37.8 Å². The van der Waals surface area contributed by atoms with Crippen LogP contribution in [0.5, 0.6) is 0 Å². The molecule has 0 spiro atoms. The Bertz CT molecular complexity index is 358. The van der Waals surface area contributed by atoms with Crippen molar-refractivity contribution in [3.63, 3.8) is 0 Å². The third-order valence-corrected chi connectivity index (χ3v) is 4.22. The smallest absolute Gasteiger partial charge is 0.0398 e. The number of anilines is 1. The predicted molar refractivity (Wildman–Crippen MR) is 64.3 cm³/mol.